The van der Waals surface area contributed by atoms with Crippen LogP contribution in [0.1, 0.15) is 15.9 Å². The van der Waals surface area contributed by atoms with Crippen molar-refractivity contribution in [3.63, 3.8) is 0 Å². The van der Waals surface area contributed by atoms with Crippen LogP contribution in [0.2, 0.25) is 0 Å². The summed E-state index contributed by atoms with van der Waals surface area (Å²) in [5.41, 5.74) is 2.26. The van der Waals surface area contributed by atoms with Crippen molar-refractivity contribution in [3.05, 3.63) is 53.3 Å². The summed E-state index contributed by atoms with van der Waals surface area (Å²) >= 11 is 0. The first-order valence-corrected chi connectivity index (χ1v) is 6.48. The molecule has 0 aliphatic carbocycles. The summed E-state index contributed by atoms with van der Waals surface area (Å²) < 4.78 is 18.8. The molecular weight excluding hydrogens is 271 g/mol. The molecule has 0 aromatic heterocycles. The van der Waals surface area contributed by atoms with E-state index in [4.69, 9.17) is 4.74 Å². The Morgan fingerprint density at radius 2 is 1.90 bits per heavy atom. The number of rotatable bonds is 4. The van der Waals surface area contributed by atoms with E-state index in [1.807, 2.05) is 19.1 Å². The molecule has 5 heteroatoms. The summed E-state index contributed by atoms with van der Waals surface area (Å²) in [6, 6.07) is 9.59. The minimum Gasteiger partial charge on any atom is -0.497 e. The molecule has 0 fully saturated rings. The van der Waals surface area contributed by atoms with Gasteiger partial charge < -0.3 is 15.4 Å². The maximum atomic E-state index is 13.7. The smallest absolute Gasteiger partial charge is 0.257 e. The fourth-order valence-corrected chi connectivity index (χ4v) is 1.98. The Balaban J connectivity index is 2.30. The van der Waals surface area contributed by atoms with E-state index in [0.717, 1.165) is 5.56 Å². The lowest BCUT2D eigenvalue weighted by Gasteiger charge is -2.12. The highest BCUT2D eigenvalue weighted by molar-refractivity contribution is 6.08. The van der Waals surface area contributed by atoms with E-state index in [0.29, 0.717) is 17.0 Å². The molecule has 1 amide bonds. The number of nitrogens with one attached hydrogen (secondary N) is 2. The standard InChI is InChI=1S/C16H17FN2O2/c1-10-4-6-12(14(8-10)18-2)16(20)19-15-9-11(21-3)5-7-13(15)17/h4-9,18H,1-3H3,(H,19,20). The lowest BCUT2D eigenvalue weighted by Crippen LogP contribution is -2.15. The summed E-state index contributed by atoms with van der Waals surface area (Å²) in [5, 5.41) is 5.52. The van der Waals surface area contributed by atoms with E-state index >= 15 is 0 Å². The lowest BCUT2D eigenvalue weighted by molar-refractivity contribution is 0.102. The third kappa shape index (κ3) is 3.31. The molecule has 110 valence electrons. The van der Waals surface area contributed by atoms with Gasteiger partial charge in [-0.2, -0.15) is 0 Å². The van der Waals surface area contributed by atoms with Gasteiger partial charge >= 0.3 is 0 Å². The number of carbonyl (C=O) groups excluding carboxylic acids is 1. The Morgan fingerprint density at radius 1 is 1.14 bits per heavy atom. The number of anilines is 2. The number of halogens is 1. The molecule has 0 saturated carbocycles. The monoisotopic (exact) mass is 288 g/mol. The maximum Gasteiger partial charge on any atom is 0.257 e. The van der Waals surface area contributed by atoms with Crippen molar-refractivity contribution in [2.45, 2.75) is 6.92 Å². The SMILES string of the molecule is CNc1cc(C)ccc1C(=O)Nc1cc(OC)ccc1F. The Hall–Kier alpha value is -2.56. The first-order chi connectivity index (χ1) is 10.0. The number of hydrogen-bond acceptors (Lipinski definition) is 3. The molecule has 0 atom stereocenters. The fourth-order valence-electron chi connectivity index (χ4n) is 1.98. The van der Waals surface area contributed by atoms with Crippen LogP contribution in [0.3, 0.4) is 0 Å². The number of ether oxygens (including phenoxy) is 1. The number of methoxy groups -OCH3 is 1. The second-order valence-corrected chi connectivity index (χ2v) is 4.60. The molecule has 0 heterocycles. The molecule has 0 spiro atoms. The highest BCUT2D eigenvalue weighted by Crippen LogP contribution is 2.23. The zero-order valence-electron chi connectivity index (χ0n) is 12.2. The summed E-state index contributed by atoms with van der Waals surface area (Å²) in [6.07, 6.45) is 0. The Labute approximate surface area is 122 Å². The Bertz CT molecular complexity index is 671. The molecule has 0 unspecified atom stereocenters. The van der Waals surface area contributed by atoms with E-state index in [-0.39, 0.29) is 11.6 Å². The van der Waals surface area contributed by atoms with Crippen molar-refractivity contribution in [1.82, 2.24) is 0 Å². The Morgan fingerprint density at radius 3 is 2.57 bits per heavy atom. The molecule has 0 aliphatic heterocycles. The van der Waals surface area contributed by atoms with Crippen LogP contribution < -0.4 is 15.4 Å². The van der Waals surface area contributed by atoms with Crippen LogP contribution in [0.5, 0.6) is 5.75 Å². The molecular formula is C16H17FN2O2. The van der Waals surface area contributed by atoms with Gasteiger partial charge in [-0.3, -0.25) is 4.79 Å². The second kappa shape index (κ2) is 6.26. The average molecular weight is 288 g/mol. The van der Waals surface area contributed by atoms with Gasteiger partial charge in [0.1, 0.15) is 11.6 Å². The zero-order valence-corrected chi connectivity index (χ0v) is 12.2. The molecule has 2 aromatic rings. The lowest BCUT2D eigenvalue weighted by atomic mass is 10.1. The minimum absolute atomic E-state index is 0.0852. The predicted octanol–water partition coefficient (Wildman–Crippen LogP) is 3.44. The van der Waals surface area contributed by atoms with E-state index in [1.165, 1.54) is 25.3 Å². The highest BCUT2D eigenvalue weighted by atomic mass is 19.1. The number of aryl methyl sites for hydroxylation is 1. The molecule has 0 aliphatic rings. The van der Waals surface area contributed by atoms with Crippen LogP contribution in [0.4, 0.5) is 15.8 Å². The summed E-state index contributed by atoms with van der Waals surface area (Å²) in [6.45, 7) is 1.93. The topological polar surface area (TPSA) is 50.4 Å². The first-order valence-electron chi connectivity index (χ1n) is 6.48. The highest BCUT2D eigenvalue weighted by Gasteiger charge is 2.13. The van der Waals surface area contributed by atoms with Gasteiger partial charge in [0.15, 0.2) is 0 Å². The van der Waals surface area contributed by atoms with Crippen molar-refractivity contribution < 1.29 is 13.9 Å². The number of benzene rings is 2. The predicted molar refractivity (Wildman–Crippen MR) is 81.6 cm³/mol. The second-order valence-electron chi connectivity index (χ2n) is 4.60. The van der Waals surface area contributed by atoms with Gasteiger partial charge in [0.25, 0.3) is 5.91 Å². The van der Waals surface area contributed by atoms with Crippen molar-refractivity contribution >= 4 is 17.3 Å². The van der Waals surface area contributed by atoms with E-state index in [2.05, 4.69) is 10.6 Å². The van der Waals surface area contributed by atoms with Crippen LogP contribution in [0.25, 0.3) is 0 Å². The first kappa shape index (κ1) is 14.8. The van der Waals surface area contributed by atoms with Gasteiger partial charge in [-0.1, -0.05) is 6.07 Å². The average Bonchev–Trinajstić information content (AvgIpc) is 2.49. The Kier molecular flexibility index (Phi) is 4.42. The largest absolute Gasteiger partial charge is 0.497 e. The fraction of sp³-hybridized carbons (Fsp3) is 0.188. The van der Waals surface area contributed by atoms with Gasteiger partial charge in [0, 0.05) is 18.8 Å². The van der Waals surface area contributed by atoms with Gasteiger partial charge in [0.05, 0.1) is 18.4 Å². The molecule has 0 bridgehead atoms. The number of amides is 1. The minimum atomic E-state index is -0.512. The van der Waals surface area contributed by atoms with Gasteiger partial charge in [0.2, 0.25) is 0 Å². The van der Waals surface area contributed by atoms with Crippen LogP contribution in [-0.2, 0) is 0 Å². The molecule has 21 heavy (non-hydrogen) atoms. The summed E-state index contributed by atoms with van der Waals surface area (Å²) in [5.74, 6) is -0.418. The van der Waals surface area contributed by atoms with Gasteiger partial charge in [-0.05, 0) is 36.8 Å². The number of carbonyl (C=O) groups is 1. The van der Waals surface area contributed by atoms with Gasteiger partial charge in [-0.15, -0.1) is 0 Å². The molecule has 0 radical (unpaired) electrons. The van der Waals surface area contributed by atoms with Crippen LogP contribution in [-0.4, -0.2) is 20.1 Å². The van der Waals surface area contributed by atoms with E-state index in [1.54, 1.807) is 13.1 Å². The molecule has 2 aromatic carbocycles. The van der Waals surface area contributed by atoms with E-state index < -0.39 is 5.82 Å². The van der Waals surface area contributed by atoms with Crippen LogP contribution in [0, 0.1) is 12.7 Å². The maximum absolute atomic E-state index is 13.7. The molecule has 0 saturated heterocycles. The quantitative estimate of drug-likeness (QED) is 0.906. The van der Waals surface area contributed by atoms with Crippen molar-refractivity contribution in [3.8, 4) is 5.75 Å². The van der Waals surface area contributed by atoms with E-state index in [9.17, 15) is 9.18 Å². The summed E-state index contributed by atoms with van der Waals surface area (Å²) in [7, 11) is 3.22. The number of hydrogen-bond donors (Lipinski definition) is 2. The zero-order chi connectivity index (χ0) is 15.4. The molecule has 2 N–H and O–H groups in total. The summed E-state index contributed by atoms with van der Waals surface area (Å²) in [4.78, 5) is 12.3. The normalized spacial score (nSPS) is 10.1. The molecule has 4 nitrogen and oxygen atoms in total. The van der Waals surface area contributed by atoms with Crippen molar-refractivity contribution in [2.24, 2.45) is 0 Å². The van der Waals surface area contributed by atoms with Crippen molar-refractivity contribution in [2.75, 3.05) is 24.8 Å². The third-order valence-corrected chi connectivity index (χ3v) is 3.11. The molecule has 2 rings (SSSR count). The van der Waals surface area contributed by atoms with Crippen LogP contribution >= 0.6 is 0 Å². The van der Waals surface area contributed by atoms with Crippen molar-refractivity contribution in [1.29, 1.82) is 0 Å². The van der Waals surface area contributed by atoms with Gasteiger partial charge in [-0.25, -0.2) is 4.39 Å². The third-order valence-electron chi connectivity index (χ3n) is 3.11. The van der Waals surface area contributed by atoms with Crippen LogP contribution in [0.15, 0.2) is 36.4 Å².